The molecule has 96 valence electrons. The van der Waals surface area contributed by atoms with Crippen molar-refractivity contribution in [3.05, 3.63) is 30.3 Å². The monoisotopic (exact) mass is 245 g/mol. The van der Waals surface area contributed by atoms with Crippen LogP contribution in [0.3, 0.4) is 0 Å². The highest BCUT2D eigenvalue weighted by Gasteiger charge is 2.48. The molecule has 1 N–H and O–H groups in total. The molecule has 1 aliphatic carbocycles. The lowest BCUT2D eigenvalue weighted by Gasteiger charge is -2.33. The largest absolute Gasteiger partial charge is 0.393 e. The number of amides is 1. The minimum Gasteiger partial charge on any atom is -0.393 e. The van der Waals surface area contributed by atoms with Crippen LogP contribution in [0.25, 0.3) is 0 Å². The SMILES string of the molecule is O=C1N(c2ccccc2)CCC12CCC(O)CC2. The number of hydrogen-bond acceptors (Lipinski definition) is 2. The zero-order valence-corrected chi connectivity index (χ0v) is 10.5. The molecule has 1 saturated carbocycles. The Morgan fingerprint density at radius 3 is 2.44 bits per heavy atom. The molecule has 0 radical (unpaired) electrons. The van der Waals surface area contributed by atoms with Crippen LogP contribution in [0.1, 0.15) is 32.1 Å². The van der Waals surface area contributed by atoms with Crippen molar-refractivity contribution in [2.75, 3.05) is 11.4 Å². The summed E-state index contributed by atoms with van der Waals surface area (Å²) < 4.78 is 0. The van der Waals surface area contributed by atoms with Gasteiger partial charge < -0.3 is 10.0 Å². The summed E-state index contributed by atoms with van der Waals surface area (Å²) in [5.41, 5.74) is 0.820. The van der Waals surface area contributed by atoms with Crippen molar-refractivity contribution in [3.8, 4) is 0 Å². The predicted octanol–water partition coefficient (Wildman–Crippen LogP) is 2.34. The molecule has 2 aliphatic rings. The number of para-hydroxylation sites is 1. The maximum absolute atomic E-state index is 12.6. The lowest BCUT2D eigenvalue weighted by molar-refractivity contribution is -0.128. The van der Waals surface area contributed by atoms with Crippen molar-refractivity contribution in [2.24, 2.45) is 5.41 Å². The zero-order valence-electron chi connectivity index (χ0n) is 10.5. The molecule has 1 aromatic carbocycles. The van der Waals surface area contributed by atoms with Gasteiger partial charge in [0.15, 0.2) is 0 Å². The zero-order chi connectivity index (χ0) is 12.6. The molecule has 1 spiro atoms. The van der Waals surface area contributed by atoms with E-state index in [1.807, 2.05) is 35.2 Å². The van der Waals surface area contributed by atoms with Gasteiger partial charge in [-0.15, -0.1) is 0 Å². The van der Waals surface area contributed by atoms with Crippen LogP contribution in [0.4, 0.5) is 5.69 Å². The molecule has 18 heavy (non-hydrogen) atoms. The van der Waals surface area contributed by atoms with Crippen LogP contribution in [0.5, 0.6) is 0 Å². The summed E-state index contributed by atoms with van der Waals surface area (Å²) in [5.74, 6) is 0.264. The number of aliphatic hydroxyl groups is 1. The number of carbonyl (C=O) groups is 1. The van der Waals surface area contributed by atoms with Gasteiger partial charge in [0.1, 0.15) is 0 Å². The average molecular weight is 245 g/mol. The van der Waals surface area contributed by atoms with E-state index in [9.17, 15) is 9.90 Å². The van der Waals surface area contributed by atoms with Crippen molar-refractivity contribution in [1.82, 2.24) is 0 Å². The Balaban J connectivity index is 1.81. The van der Waals surface area contributed by atoms with Gasteiger partial charge in [-0.25, -0.2) is 0 Å². The van der Waals surface area contributed by atoms with E-state index in [-0.39, 0.29) is 17.4 Å². The first-order chi connectivity index (χ1) is 8.71. The molecule has 1 aromatic rings. The number of carbonyl (C=O) groups excluding carboxylic acids is 1. The molecule has 3 heteroatoms. The molecule has 1 amide bonds. The molecule has 3 nitrogen and oxygen atoms in total. The van der Waals surface area contributed by atoms with Gasteiger partial charge in [0.05, 0.1) is 11.5 Å². The fourth-order valence-electron chi connectivity index (χ4n) is 3.29. The van der Waals surface area contributed by atoms with E-state index in [1.54, 1.807) is 0 Å². The Kier molecular flexibility index (Phi) is 2.86. The molecular formula is C15H19NO2. The van der Waals surface area contributed by atoms with Crippen LogP contribution in [-0.2, 0) is 4.79 Å². The number of anilines is 1. The van der Waals surface area contributed by atoms with Crippen molar-refractivity contribution in [2.45, 2.75) is 38.2 Å². The molecular weight excluding hydrogens is 226 g/mol. The quantitative estimate of drug-likeness (QED) is 0.825. The summed E-state index contributed by atoms with van der Waals surface area (Å²) in [6.45, 7) is 0.818. The van der Waals surface area contributed by atoms with E-state index in [4.69, 9.17) is 0 Å². The van der Waals surface area contributed by atoms with Gasteiger partial charge >= 0.3 is 0 Å². The van der Waals surface area contributed by atoms with Crippen molar-refractivity contribution >= 4 is 11.6 Å². The van der Waals surface area contributed by atoms with E-state index >= 15 is 0 Å². The third kappa shape index (κ3) is 1.83. The Hall–Kier alpha value is -1.35. The van der Waals surface area contributed by atoms with Gasteiger partial charge in [-0.1, -0.05) is 18.2 Å². The molecule has 0 bridgehead atoms. The molecule has 1 saturated heterocycles. The normalized spacial score (nSPS) is 32.2. The molecule has 1 aliphatic heterocycles. The summed E-state index contributed by atoms with van der Waals surface area (Å²) in [6, 6.07) is 9.90. The Morgan fingerprint density at radius 1 is 1.11 bits per heavy atom. The first kappa shape index (κ1) is 11.7. The lowest BCUT2D eigenvalue weighted by Crippen LogP contribution is -2.38. The summed E-state index contributed by atoms with van der Waals surface area (Å²) in [5, 5.41) is 9.60. The van der Waals surface area contributed by atoms with E-state index in [1.165, 1.54) is 0 Å². The number of benzene rings is 1. The van der Waals surface area contributed by atoms with Crippen LogP contribution < -0.4 is 4.90 Å². The first-order valence-electron chi connectivity index (χ1n) is 6.76. The average Bonchev–Trinajstić information content (AvgIpc) is 2.72. The number of rotatable bonds is 1. The van der Waals surface area contributed by atoms with Gasteiger partial charge in [-0.2, -0.15) is 0 Å². The molecule has 1 heterocycles. The summed E-state index contributed by atoms with van der Waals surface area (Å²) in [4.78, 5) is 14.5. The van der Waals surface area contributed by atoms with Gasteiger partial charge in [-0.05, 0) is 44.2 Å². The minimum atomic E-state index is -0.200. The maximum atomic E-state index is 12.6. The van der Waals surface area contributed by atoms with Crippen molar-refractivity contribution in [3.63, 3.8) is 0 Å². The number of aliphatic hydroxyl groups excluding tert-OH is 1. The number of hydrogen-bond donors (Lipinski definition) is 1. The maximum Gasteiger partial charge on any atom is 0.233 e. The molecule has 2 fully saturated rings. The smallest absolute Gasteiger partial charge is 0.233 e. The third-order valence-corrected chi connectivity index (χ3v) is 4.49. The van der Waals surface area contributed by atoms with Crippen molar-refractivity contribution < 1.29 is 9.90 Å². The second-order valence-electron chi connectivity index (χ2n) is 5.55. The van der Waals surface area contributed by atoms with Crippen molar-refractivity contribution in [1.29, 1.82) is 0 Å². The van der Waals surface area contributed by atoms with E-state index in [2.05, 4.69) is 0 Å². The second-order valence-corrected chi connectivity index (χ2v) is 5.55. The fraction of sp³-hybridized carbons (Fsp3) is 0.533. The van der Waals surface area contributed by atoms with Crippen LogP contribution in [-0.4, -0.2) is 23.7 Å². The highest BCUT2D eigenvalue weighted by Crippen LogP contribution is 2.45. The molecule has 3 rings (SSSR count). The lowest BCUT2D eigenvalue weighted by atomic mass is 9.72. The third-order valence-electron chi connectivity index (χ3n) is 4.49. The first-order valence-corrected chi connectivity index (χ1v) is 6.76. The Morgan fingerprint density at radius 2 is 1.78 bits per heavy atom. The highest BCUT2D eigenvalue weighted by molar-refractivity contribution is 5.99. The molecule has 0 aromatic heterocycles. The van der Waals surface area contributed by atoms with E-state index in [0.29, 0.717) is 0 Å². The van der Waals surface area contributed by atoms with E-state index in [0.717, 1.165) is 44.3 Å². The standard InChI is InChI=1S/C15H19NO2/c17-13-6-8-15(9-7-13)10-11-16(14(15)18)12-4-2-1-3-5-12/h1-5,13,17H,6-11H2. The van der Waals surface area contributed by atoms with Gasteiger partial charge in [0.25, 0.3) is 0 Å². The molecule has 0 atom stereocenters. The highest BCUT2D eigenvalue weighted by atomic mass is 16.3. The summed E-state index contributed by atoms with van der Waals surface area (Å²) >= 11 is 0. The van der Waals surface area contributed by atoms with Gasteiger partial charge in [-0.3, -0.25) is 4.79 Å². The topological polar surface area (TPSA) is 40.5 Å². The minimum absolute atomic E-state index is 0.185. The Labute approximate surface area is 107 Å². The predicted molar refractivity (Wildman–Crippen MR) is 70.3 cm³/mol. The fourth-order valence-corrected chi connectivity index (χ4v) is 3.29. The summed E-state index contributed by atoms with van der Waals surface area (Å²) in [7, 11) is 0. The van der Waals surface area contributed by atoms with Crippen LogP contribution in [0, 0.1) is 5.41 Å². The van der Waals surface area contributed by atoms with Crippen LogP contribution in [0.15, 0.2) is 30.3 Å². The van der Waals surface area contributed by atoms with Gasteiger partial charge in [0.2, 0.25) is 5.91 Å². The van der Waals surface area contributed by atoms with Crippen LogP contribution in [0.2, 0.25) is 0 Å². The number of nitrogens with zero attached hydrogens (tertiary/aromatic N) is 1. The summed E-state index contributed by atoms with van der Waals surface area (Å²) in [6.07, 6.45) is 3.97. The molecule has 0 unspecified atom stereocenters. The van der Waals surface area contributed by atoms with Crippen LogP contribution >= 0.6 is 0 Å². The van der Waals surface area contributed by atoms with E-state index < -0.39 is 0 Å². The second kappa shape index (κ2) is 4.39. The van der Waals surface area contributed by atoms with Gasteiger partial charge in [0, 0.05) is 12.2 Å². The Bertz CT molecular complexity index is 435.